The number of nitrogens with one attached hydrogen (secondary N) is 2. The number of carbonyl (C=O) groups excluding carboxylic acids is 1. The molecule has 5 heteroatoms. The maximum Gasteiger partial charge on any atom is 0.232 e. The van der Waals surface area contributed by atoms with Crippen molar-refractivity contribution in [3.8, 4) is 5.75 Å². The van der Waals surface area contributed by atoms with Crippen LogP contribution in [0.15, 0.2) is 12.1 Å². The average Bonchev–Trinajstić information content (AvgIpc) is 2.83. The lowest BCUT2D eigenvalue weighted by Gasteiger charge is -2.24. The molecule has 4 nitrogen and oxygen atoms in total. The average molecular weight is 264 g/mol. The van der Waals surface area contributed by atoms with Crippen LogP contribution in [0.5, 0.6) is 5.75 Å². The quantitative estimate of drug-likeness (QED) is 0.820. The Balaban J connectivity index is 1.97. The summed E-state index contributed by atoms with van der Waals surface area (Å²) in [5.74, 6) is -0.283. The van der Waals surface area contributed by atoms with Gasteiger partial charge in [0.1, 0.15) is 0 Å². The van der Waals surface area contributed by atoms with Crippen molar-refractivity contribution >= 4 is 17.3 Å². The lowest BCUT2D eigenvalue weighted by Crippen LogP contribution is -2.37. The number of anilines is 2. The van der Waals surface area contributed by atoms with Crippen LogP contribution in [0.2, 0.25) is 0 Å². The first-order valence-electron chi connectivity index (χ1n) is 6.57. The molecule has 0 saturated heterocycles. The summed E-state index contributed by atoms with van der Waals surface area (Å²) in [5.41, 5.74) is 0.866. The normalized spacial score (nSPS) is 20.4. The molecule has 0 aromatic heterocycles. The number of halogens is 1. The molecule has 1 spiro atoms. The molecular weight excluding hydrogens is 247 g/mol. The highest BCUT2D eigenvalue weighted by Crippen LogP contribution is 2.43. The zero-order valence-electron chi connectivity index (χ0n) is 10.9. The number of hydrogen-bond acceptors (Lipinski definition) is 3. The van der Waals surface area contributed by atoms with Gasteiger partial charge < -0.3 is 15.4 Å². The minimum atomic E-state index is -0.467. The molecule has 1 heterocycles. The second-order valence-electron chi connectivity index (χ2n) is 5.33. The summed E-state index contributed by atoms with van der Waals surface area (Å²) in [7, 11) is 1.43. The summed E-state index contributed by atoms with van der Waals surface area (Å²) in [4.78, 5) is 12.4. The lowest BCUT2D eigenvalue weighted by molar-refractivity contribution is -0.124. The monoisotopic (exact) mass is 264 g/mol. The number of rotatable bonds is 1. The molecule has 3 rings (SSSR count). The molecule has 1 aromatic carbocycles. The number of carbonyl (C=O) groups is 1. The number of amides is 1. The van der Waals surface area contributed by atoms with Crippen LogP contribution in [0.3, 0.4) is 0 Å². The highest BCUT2D eigenvalue weighted by Gasteiger charge is 2.42. The van der Waals surface area contributed by atoms with Crippen LogP contribution in [0.25, 0.3) is 0 Å². The molecule has 0 radical (unpaired) electrons. The molecule has 1 aliphatic heterocycles. The topological polar surface area (TPSA) is 50.4 Å². The largest absolute Gasteiger partial charge is 0.494 e. The van der Waals surface area contributed by atoms with Gasteiger partial charge >= 0.3 is 0 Å². The van der Waals surface area contributed by atoms with Gasteiger partial charge in [-0.15, -0.1) is 0 Å². The predicted molar refractivity (Wildman–Crippen MR) is 71.0 cm³/mol. The van der Waals surface area contributed by atoms with Crippen molar-refractivity contribution in [1.29, 1.82) is 0 Å². The van der Waals surface area contributed by atoms with E-state index in [2.05, 4.69) is 10.6 Å². The first-order valence-corrected chi connectivity index (χ1v) is 6.57. The van der Waals surface area contributed by atoms with Gasteiger partial charge in [0.2, 0.25) is 5.91 Å². The highest BCUT2D eigenvalue weighted by molar-refractivity contribution is 6.00. The van der Waals surface area contributed by atoms with Crippen molar-refractivity contribution in [3.05, 3.63) is 17.9 Å². The Morgan fingerprint density at radius 3 is 2.68 bits per heavy atom. The molecule has 0 unspecified atom stereocenters. The van der Waals surface area contributed by atoms with Gasteiger partial charge in [0.25, 0.3) is 0 Å². The minimum Gasteiger partial charge on any atom is -0.494 e. The van der Waals surface area contributed by atoms with E-state index in [0.29, 0.717) is 12.2 Å². The second kappa shape index (κ2) is 4.40. The van der Waals surface area contributed by atoms with Crippen LogP contribution in [0, 0.1) is 11.2 Å². The molecule has 1 aromatic rings. The molecule has 0 bridgehead atoms. The van der Waals surface area contributed by atoms with Gasteiger partial charge in [0, 0.05) is 18.7 Å². The van der Waals surface area contributed by atoms with Crippen molar-refractivity contribution in [3.63, 3.8) is 0 Å². The Morgan fingerprint density at radius 1 is 1.26 bits per heavy atom. The van der Waals surface area contributed by atoms with Crippen molar-refractivity contribution in [2.75, 3.05) is 24.3 Å². The summed E-state index contributed by atoms with van der Waals surface area (Å²) in [5, 5.41) is 6.11. The Kier molecular flexibility index (Phi) is 2.84. The van der Waals surface area contributed by atoms with E-state index in [0.717, 1.165) is 31.4 Å². The molecule has 19 heavy (non-hydrogen) atoms. The molecule has 1 saturated carbocycles. The molecule has 2 aliphatic rings. The van der Waals surface area contributed by atoms with Crippen molar-refractivity contribution in [2.45, 2.75) is 25.7 Å². The lowest BCUT2D eigenvalue weighted by atomic mass is 9.85. The van der Waals surface area contributed by atoms with E-state index in [1.54, 1.807) is 6.07 Å². The first kappa shape index (κ1) is 12.3. The number of fused-ring (bicyclic) bond motifs is 1. The van der Waals surface area contributed by atoms with Crippen LogP contribution in [-0.4, -0.2) is 19.6 Å². The van der Waals surface area contributed by atoms with Gasteiger partial charge in [-0.3, -0.25) is 4.79 Å². The summed E-state index contributed by atoms with van der Waals surface area (Å²) < 4.78 is 18.7. The molecule has 2 N–H and O–H groups in total. The smallest absolute Gasteiger partial charge is 0.232 e. The maximum atomic E-state index is 13.7. The number of hydrogen-bond donors (Lipinski definition) is 2. The third kappa shape index (κ3) is 1.93. The highest BCUT2D eigenvalue weighted by atomic mass is 19.1. The first-order chi connectivity index (χ1) is 9.14. The van der Waals surface area contributed by atoms with Crippen LogP contribution >= 0.6 is 0 Å². The molecule has 102 valence electrons. The second-order valence-corrected chi connectivity index (χ2v) is 5.33. The predicted octanol–water partition coefficient (Wildman–Crippen LogP) is 2.76. The number of ether oxygens (including phenoxy) is 1. The van der Waals surface area contributed by atoms with Crippen molar-refractivity contribution in [1.82, 2.24) is 0 Å². The maximum absolute atomic E-state index is 13.7. The summed E-state index contributed by atoms with van der Waals surface area (Å²) in [6.45, 7) is 0.598. The minimum absolute atomic E-state index is 0.000756. The van der Waals surface area contributed by atoms with E-state index in [1.807, 2.05) is 0 Å². The van der Waals surface area contributed by atoms with E-state index >= 15 is 0 Å². The fourth-order valence-electron chi connectivity index (χ4n) is 3.01. The Labute approximate surface area is 111 Å². The van der Waals surface area contributed by atoms with Crippen molar-refractivity contribution in [2.24, 2.45) is 5.41 Å². The van der Waals surface area contributed by atoms with Crippen LogP contribution < -0.4 is 15.4 Å². The van der Waals surface area contributed by atoms with Gasteiger partial charge in [0.05, 0.1) is 23.9 Å². The van der Waals surface area contributed by atoms with E-state index in [9.17, 15) is 9.18 Å². The Bertz CT molecular complexity index is 524. The summed E-state index contributed by atoms with van der Waals surface area (Å²) in [6.07, 6.45) is 3.92. The van der Waals surface area contributed by atoms with Gasteiger partial charge in [-0.2, -0.15) is 0 Å². The van der Waals surface area contributed by atoms with Crippen LogP contribution in [0.1, 0.15) is 25.7 Å². The van der Waals surface area contributed by atoms with Gasteiger partial charge in [-0.1, -0.05) is 12.8 Å². The van der Waals surface area contributed by atoms with E-state index in [4.69, 9.17) is 4.74 Å². The van der Waals surface area contributed by atoms with E-state index in [-0.39, 0.29) is 17.1 Å². The summed E-state index contributed by atoms with van der Waals surface area (Å²) >= 11 is 0. The fraction of sp³-hybridized carbons (Fsp3) is 0.500. The van der Waals surface area contributed by atoms with Crippen LogP contribution in [-0.2, 0) is 4.79 Å². The third-order valence-corrected chi connectivity index (χ3v) is 4.20. The van der Waals surface area contributed by atoms with Crippen LogP contribution in [0.4, 0.5) is 15.8 Å². The number of methoxy groups -OCH3 is 1. The summed E-state index contributed by atoms with van der Waals surface area (Å²) in [6, 6.07) is 2.91. The molecule has 1 fully saturated rings. The molecule has 1 aliphatic carbocycles. The SMILES string of the molecule is COc1cc2c(cc1F)NC(=O)C1(CCCC1)CN2. The van der Waals surface area contributed by atoms with E-state index in [1.165, 1.54) is 13.2 Å². The van der Waals surface area contributed by atoms with E-state index < -0.39 is 5.82 Å². The zero-order chi connectivity index (χ0) is 13.5. The Morgan fingerprint density at radius 2 is 2.00 bits per heavy atom. The fourth-order valence-corrected chi connectivity index (χ4v) is 3.01. The molecule has 1 amide bonds. The number of benzene rings is 1. The molecular formula is C14H17FN2O2. The third-order valence-electron chi connectivity index (χ3n) is 4.20. The van der Waals surface area contributed by atoms with Gasteiger partial charge in [-0.25, -0.2) is 4.39 Å². The van der Waals surface area contributed by atoms with Gasteiger partial charge in [0.15, 0.2) is 11.6 Å². The van der Waals surface area contributed by atoms with Gasteiger partial charge in [-0.05, 0) is 12.8 Å². The molecule has 0 atom stereocenters. The zero-order valence-corrected chi connectivity index (χ0v) is 10.9. The standard InChI is InChI=1S/C14H17FN2O2/c1-19-12-7-10-11(6-9(12)15)17-13(18)14(8-16-10)4-2-3-5-14/h6-7,16H,2-5,8H2,1H3,(H,17,18). The van der Waals surface area contributed by atoms with Crippen molar-refractivity contribution < 1.29 is 13.9 Å². The Hall–Kier alpha value is -1.78.